The molecule has 0 amide bonds. The molecule has 1 N–H and O–H groups in total. The highest BCUT2D eigenvalue weighted by Crippen LogP contribution is 2.41. The molecule has 0 fully saturated rings. The maximum Gasteiger partial charge on any atom is 0.145 e. The zero-order valence-corrected chi connectivity index (χ0v) is 19.6. The van der Waals surface area contributed by atoms with Crippen LogP contribution in [-0.2, 0) is 0 Å². The zero-order chi connectivity index (χ0) is 23.9. The number of hydrogen-bond acceptors (Lipinski definition) is 2. The van der Waals surface area contributed by atoms with E-state index in [1.807, 2.05) is 18.2 Å². The smallest absolute Gasteiger partial charge is 0.145 e. The minimum Gasteiger partial charge on any atom is -0.455 e. The van der Waals surface area contributed by atoms with Gasteiger partial charge in [0.05, 0.1) is 11.1 Å². The van der Waals surface area contributed by atoms with Gasteiger partial charge in [-0.3, -0.25) is 0 Å². The first-order chi connectivity index (χ1) is 17.8. The number of benzene rings is 6. The van der Waals surface area contributed by atoms with Crippen LogP contribution >= 0.6 is 0 Å². The Balaban J connectivity index is 1.35. The molecule has 0 saturated carbocycles. The van der Waals surface area contributed by atoms with Gasteiger partial charge in [-0.2, -0.15) is 0 Å². The van der Waals surface area contributed by atoms with E-state index in [2.05, 4.69) is 121 Å². The lowest BCUT2D eigenvalue weighted by atomic mass is 9.98. The van der Waals surface area contributed by atoms with Crippen LogP contribution in [0, 0.1) is 0 Å². The number of furan rings is 1. The van der Waals surface area contributed by atoms with Crippen LogP contribution in [0.1, 0.15) is 0 Å². The standard InChI is InChI=1S/C34H23NO/c1-2-8-23(9-3-1)25-16-18-28(19-17-25)35-31-21-20-29(27-15-14-24-10-4-5-11-26(24)22-27)34-33(31)30-12-6-7-13-32(30)36-34/h1-22,35H. The van der Waals surface area contributed by atoms with E-state index in [9.17, 15) is 0 Å². The Morgan fingerprint density at radius 2 is 1.19 bits per heavy atom. The number of anilines is 2. The van der Waals surface area contributed by atoms with Crippen LogP contribution in [-0.4, -0.2) is 0 Å². The van der Waals surface area contributed by atoms with Crippen molar-refractivity contribution in [3.8, 4) is 22.3 Å². The van der Waals surface area contributed by atoms with Gasteiger partial charge >= 0.3 is 0 Å². The van der Waals surface area contributed by atoms with Crippen LogP contribution in [0.4, 0.5) is 11.4 Å². The molecule has 0 unspecified atom stereocenters. The Bertz CT molecular complexity index is 1850. The lowest BCUT2D eigenvalue weighted by molar-refractivity contribution is 0.670. The number of rotatable bonds is 4. The Hall–Kier alpha value is -4.82. The first-order valence-corrected chi connectivity index (χ1v) is 12.2. The van der Waals surface area contributed by atoms with Gasteiger partial charge in [-0.25, -0.2) is 0 Å². The lowest BCUT2D eigenvalue weighted by Crippen LogP contribution is -1.92. The molecule has 2 heteroatoms. The molecule has 0 aliphatic carbocycles. The van der Waals surface area contributed by atoms with Crippen LogP contribution < -0.4 is 5.32 Å². The van der Waals surface area contributed by atoms with E-state index < -0.39 is 0 Å². The van der Waals surface area contributed by atoms with Crippen LogP contribution in [0.5, 0.6) is 0 Å². The average Bonchev–Trinajstić information content (AvgIpc) is 3.34. The van der Waals surface area contributed by atoms with E-state index in [4.69, 9.17) is 4.42 Å². The summed E-state index contributed by atoms with van der Waals surface area (Å²) in [5.41, 5.74) is 8.53. The van der Waals surface area contributed by atoms with Gasteiger partial charge < -0.3 is 9.73 Å². The Morgan fingerprint density at radius 1 is 0.500 bits per heavy atom. The summed E-state index contributed by atoms with van der Waals surface area (Å²) < 4.78 is 6.47. The molecule has 1 heterocycles. The van der Waals surface area contributed by atoms with E-state index >= 15 is 0 Å². The van der Waals surface area contributed by atoms with Gasteiger partial charge in [-0.05, 0) is 63.9 Å². The second-order valence-electron chi connectivity index (χ2n) is 9.09. The summed E-state index contributed by atoms with van der Waals surface area (Å²) in [6.07, 6.45) is 0. The van der Waals surface area contributed by atoms with Crippen molar-refractivity contribution in [2.45, 2.75) is 0 Å². The minimum atomic E-state index is 0.892. The first kappa shape index (κ1) is 20.5. The van der Waals surface area contributed by atoms with Crippen molar-refractivity contribution in [3.63, 3.8) is 0 Å². The van der Waals surface area contributed by atoms with Crippen molar-refractivity contribution >= 4 is 44.1 Å². The minimum absolute atomic E-state index is 0.892. The second-order valence-corrected chi connectivity index (χ2v) is 9.09. The largest absolute Gasteiger partial charge is 0.455 e. The number of nitrogens with one attached hydrogen (secondary N) is 1. The molecule has 170 valence electrons. The fraction of sp³-hybridized carbons (Fsp3) is 0. The van der Waals surface area contributed by atoms with Crippen molar-refractivity contribution < 1.29 is 4.42 Å². The molecule has 0 spiro atoms. The van der Waals surface area contributed by atoms with Crippen molar-refractivity contribution in [1.29, 1.82) is 0 Å². The molecule has 0 aliphatic rings. The fourth-order valence-corrected chi connectivity index (χ4v) is 5.05. The number of fused-ring (bicyclic) bond motifs is 4. The summed E-state index contributed by atoms with van der Waals surface area (Å²) in [5, 5.41) is 8.32. The predicted octanol–water partition coefficient (Wildman–Crippen LogP) is 9.82. The monoisotopic (exact) mass is 461 g/mol. The fourth-order valence-electron chi connectivity index (χ4n) is 5.05. The third kappa shape index (κ3) is 3.52. The third-order valence-electron chi connectivity index (χ3n) is 6.86. The van der Waals surface area contributed by atoms with E-state index in [0.717, 1.165) is 44.4 Å². The van der Waals surface area contributed by atoms with E-state index in [1.165, 1.54) is 21.9 Å². The van der Waals surface area contributed by atoms with Crippen molar-refractivity contribution in [1.82, 2.24) is 0 Å². The van der Waals surface area contributed by atoms with Crippen LogP contribution in [0.25, 0.3) is 55.0 Å². The number of para-hydroxylation sites is 1. The van der Waals surface area contributed by atoms with Crippen LogP contribution in [0.15, 0.2) is 138 Å². The summed E-state index contributed by atoms with van der Waals surface area (Å²) in [6.45, 7) is 0. The van der Waals surface area contributed by atoms with Gasteiger partial charge in [0.25, 0.3) is 0 Å². The topological polar surface area (TPSA) is 25.2 Å². The Morgan fingerprint density at radius 3 is 2.06 bits per heavy atom. The molecule has 0 radical (unpaired) electrons. The van der Waals surface area contributed by atoms with Gasteiger partial charge in [-0.1, -0.05) is 97.1 Å². The molecular weight excluding hydrogens is 438 g/mol. The Labute approximate surface area is 209 Å². The maximum absolute atomic E-state index is 6.47. The molecule has 7 rings (SSSR count). The SMILES string of the molecule is c1ccc(-c2ccc(Nc3ccc(-c4ccc5ccccc5c4)c4oc5ccccc5c34)cc2)cc1. The van der Waals surface area contributed by atoms with Crippen molar-refractivity contribution in [3.05, 3.63) is 133 Å². The highest BCUT2D eigenvalue weighted by atomic mass is 16.3. The molecule has 0 aliphatic heterocycles. The maximum atomic E-state index is 6.47. The van der Waals surface area contributed by atoms with Gasteiger partial charge in [0.1, 0.15) is 11.2 Å². The van der Waals surface area contributed by atoms with Crippen molar-refractivity contribution in [2.75, 3.05) is 5.32 Å². The Kier molecular flexibility index (Phi) is 4.82. The van der Waals surface area contributed by atoms with Gasteiger partial charge in [0.15, 0.2) is 0 Å². The highest BCUT2D eigenvalue weighted by molar-refractivity contribution is 6.16. The molecule has 1 aromatic heterocycles. The highest BCUT2D eigenvalue weighted by Gasteiger charge is 2.16. The normalized spacial score (nSPS) is 11.3. The van der Waals surface area contributed by atoms with E-state index in [0.29, 0.717) is 0 Å². The molecule has 2 nitrogen and oxygen atoms in total. The van der Waals surface area contributed by atoms with E-state index in [1.54, 1.807) is 0 Å². The van der Waals surface area contributed by atoms with Crippen LogP contribution in [0.3, 0.4) is 0 Å². The molecule has 7 aromatic rings. The number of hydrogen-bond donors (Lipinski definition) is 1. The molecule has 0 bridgehead atoms. The zero-order valence-electron chi connectivity index (χ0n) is 19.6. The van der Waals surface area contributed by atoms with Gasteiger partial charge in [0.2, 0.25) is 0 Å². The van der Waals surface area contributed by atoms with Gasteiger partial charge in [-0.15, -0.1) is 0 Å². The first-order valence-electron chi connectivity index (χ1n) is 12.2. The molecule has 6 aromatic carbocycles. The van der Waals surface area contributed by atoms with Crippen LogP contribution in [0.2, 0.25) is 0 Å². The third-order valence-corrected chi connectivity index (χ3v) is 6.86. The summed E-state index contributed by atoms with van der Waals surface area (Å²) in [5.74, 6) is 0. The molecule has 36 heavy (non-hydrogen) atoms. The molecule has 0 saturated heterocycles. The summed E-state index contributed by atoms with van der Waals surface area (Å²) in [6, 6.07) is 46.7. The molecular formula is C34H23NO. The summed E-state index contributed by atoms with van der Waals surface area (Å²) in [7, 11) is 0. The van der Waals surface area contributed by atoms with Gasteiger partial charge in [0, 0.05) is 16.6 Å². The summed E-state index contributed by atoms with van der Waals surface area (Å²) in [4.78, 5) is 0. The average molecular weight is 462 g/mol. The second kappa shape index (κ2) is 8.44. The quantitative estimate of drug-likeness (QED) is 0.282. The van der Waals surface area contributed by atoms with Crippen molar-refractivity contribution in [2.24, 2.45) is 0 Å². The van der Waals surface area contributed by atoms with E-state index in [-0.39, 0.29) is 0 Å². The molecule has 0 atom stereocenters. The summed E-state index contributed by atoms with van der Waals surface area (Å²) >= 11 is 0. The predicted molar refractivity (Wildman–Crippen MR) is 152 cm³/mol. The lowest BCUT2D eigenvalue weighted by Gasteiger charge is -2.12.